The summed E-state index contributed by atoms with van der Waals surface area (Å²) in [6, 6.07) is 13.2. The summed E-state index contributed by atoms with van der Waals surface area (Å²) in [7, 11) is 0. The third kappa shape index (κ3) is 7.79. The average molecular weight is 504 g/mol. The first-order chi connectivity index (χ1) is 16.9. The van der Waals surface area contributed by atoms with Gasteiger partial charge in [0.2, 0.25) is 5.96 Å². The summed E-state index contributed by atoms with van der Waals surface area (Å²) in [5.74, 6) is 2.16. The maximum Gasteiger partial charge on any atom is 0.227 e. The van der Waals surface area contributed by atoms with Crippen molar-refractivity contribution >= 4 is 23.0 Å². The van der Waals surface area contributed by atoms with Crippen molar-refractivity contribution in [2.75, 3.05) is 5.32 Å². The van der Waals surface area contributed by atoms with E-state index in [9.17, 15) is 0 Å². The number of hydrogen-bond donors (Lipinski definition) is 1. The lowest BCUT2D eigenvalue weighted by molar-refractivity contribution is 0.480. The zero-order valence-corrected chi connectivity index (χ0v) is 26.2. The number of aliphatic imine (C=N–C) groups is 2. The van der Waals surface area contributed by atoms with Crippen LogP contribution in [0.1, 0.15) is 143 Å². The van der Waals surface area contributed by atoms with E-state index in [1.54, 1.807) is 0 Å². The second-order valence-electron chi connectivity index (χ2n) is 13.7. The lowest BCUT2D eigenvalue weighted by atomic mass is 9.75. The van der Waals surface area contributed by atoms with E-state index in [0.717, 1.165) is 17.1 Å². The first-order valence-electron chi connectivity index (χ1n) is 14.2. The largest absolute Gasteiger partial charge is 0.324 e. The topological polar surface area (TPSA) is 36.8 Å². The Labute approximate surface area is 228 Å². The highest BCUT2D eigenvalue weighted by molar-refractivity contribution is 6.08. The van der Waals surface area contributed by atoms with Gasteiger partial charge >= 0.3 is 0 Å². The van der Waals surface area contributed by atoms with Gasteiger partial charge in [0.05, 0.1) is 5.69 Å². The smallest absolute Gasteiger partial charge is 0.227 e. The van der Waals surface area contributed by atoms with Gasteiger partial charge in [0.15, 0.2) is 0 Å². The van der Waals surface area contributed by atoms with Crippen LogP contribution in [0.2, 0.25) is 0 Å². The summed E-state index contributed by atoms with van der Waals surface area (Å²) in [6.45, 7) is 31.5. The molecule has 0 fully saturated rings. The van der Waals surface area contributed by atoms with Gasteiger partial charge in [-0.15, -0.1) is 0 Å². The molecular formula is C34H53N3. The first kappa shape index (κ1) is 30.8. The zero-order valence-electron chi connectivity index (χ0n) is 26.2. The Kier molecular flexibility index (Phi) is 9.96. The summed E-state index contributed by atoms with van der Waals surface area (Å²) in [5, 5.41) is 3.80. The van der Waals surface area contributed by atoms with Crippen molar-refractivity contribution in [3.05, 3.63) is 58.7 Å². The maximum atomic E-state index is 5.38. The highest BCUT2D eigenvalue weighted by Gasteiger charge is 2.31. The maximum absolute atomic E-state index is 5.38. The molecule has 2 rings (SSSR count). The van der Waals surface area contributed by atoms with Crippen LogP contribution in [0.5, 0.6) is 0 Å². The quantitative estimate of drug-likeness (QED) is 0.309. The molecule has 1 N–H and O–H groups in total. The van der Waals surface area contributed by atoms with Crippen LogP contribution in [0.25, 0.3) is 0 Å². The molecule has 0 saturated carbocycles. The summed E-state index contributed by atoms with van der Waals surface area (Å²) in [4.78, 5) is 10.7. The van der Waals surface area contributed by atoms with Crippen molar-refractivity contribution in [2.45, 2.75) is 121 Å². The highest BCUT2D eigenvalue weighted by atomic mass is 15.1. The van der Waals surface area contributed by atoms with Gasteiger partial charge in [-0.2, -0.15) is 0 Å². The van der Waals surface area contributed by atoms with Gasteiger partial charge < -0.3 is 5.32 Å². The molecule has 0 atom stereocenters. The van der Waals surface area contributed by atoms with Crippen molar-refractivity contribution in [2.24, 2.45) is 20.8 Å². The van der Waals surface area contributed by atoms with Crippen LogP contribution >= 0.6 is 0 Å². The van der Waals surface area contributed by atoms with Gasteiger partial charge in [-0.05, 0) is 45.9 Å². The standard InChI is InChI=1S/C34H53N3/c1-21(2)25-17-15-18-26(22(3)4)29(25)35-32(37-31(33(9,10)11)34(12,13)14)36-30-27(23(5)6)19-16-20-28(30)24(7)8/h15-24H,1-14H3,(H,35,36). The van der Waals surface area contributed by atoms with Gasteiger partial charge in [0.25, 0.3) is 0 Å². The van der Waals surface area contributed by atoms with Gasteiger partial charge in [0.1, 0.15) is 0 Å². The summed E-state index contributed by atoms with van der Waals surface area (Å²) in [6.07, 6.45) is 0. The summed E-state index contributed by atoms with van der Waals surface area (Å²) in [5.41, 5.74) is 8.23. The van der Waals surface area contributed by atoms with E-state index >= 15 is 0 Å². The number of rotatable bonds is 6. The molecule has 0 amide bonds. The summed E-state index contributed by atoms with van der Waals surface area (Å²) >= 11 is 0. The average Bonchev–Trinajstić information content (AvgIpc) is 2.75. The Morgan fingerprint density at radius 3 is 1.27 bits per heavy atom. The fraction of sp³-hybridized carbons (Fsp3) is 0.588. The molecule has 0 aliphatic carbocycles. The first-order valence-corrected chi connectivity index (χ1v) is 14.2. The minimum atomic E-state index is -0.0996. The molecule has 0 bridgehead atoms. The van der Waals surface area contributed by atoms with Crippen LogP contribution < -0.4 is 5.32 Å². The number of guanidine groups is 1. The second-order valence-corrected chi connectivity index (χ2v) is 13.7. The number of benzene rings is 2. The van der Waals surface area contributed by atoms with Gasteiger partial charge in [-0.3, -0.25) is 0 Å². The third-order valence-corrected chi connectivity index (χ3v) is 6.81. The van der Waals surface area contributed by atoms with Crippen LogP contribution in [0.4, 0.5) is 11.4 Å². The minimum absolute atomic E-state index is 0.0996. The third-order valence-electron chi connectivity index (χ3n) is 6.81. The number of nitrogens with zero attached hydrogens (tertiary/aromatic N) is 2. The van der Waals surface area contributed by atoms with Crippen LogP contribution in [0.15, 0.2) is 46.4 Å². The molecule has 2 aromatic carbocycles. The normalized spacial score (nSPS) is 13.2. The van der Waals surface area contributed by atoms with Crippen molar-refractivity contribution < 1.29 is 0 Å². The molecule has 0 aliphatic heterocycles. The van der Waals surface area contributed by atoms with Crippen molar-refractivity contribution in [1.82, 2.24) is 0 Å². The highest BCUT2D eigenvalue weighted by Crippen LogP contribution is 2.37. The molecule has 0 saturated heterocycles. The Bertz CT molecular complexity index is 1050. The van der Waals surface area contributed by atoms with Gasteiger partial charge in [0, 0.05) is 22.2 Å². The van der Waals surface area contributed by atoms with E-state index in [4.69, 9.17) is 9.98 Å². The van der Waals surface area contributed by atoms with Crippen LogP contribution in [0.3, 0.4) is 0 Å². The Morgan fingerprint density at radius 1 is 0.595 bits per heavy atom. The Balaban J connectivity index is 2.98. The molecule has 0 aliphatic rings. The SMILES string of the molecule is CC(C)c1cccc(C(C)C)c1N=C(N=C(C(C)(C)C)C(C)(C)C)Nc1c(C(C)C)cccc1C(C)C. The van der Waals surface area contributed by atoms with E-state index in [1.807, 2.05) is 0 Å². The second kappa shape index (κ2) is 12.0. The predicted octanol–water partition coefficient (Wildman–Crippen LogP) is 10.8. The lowest BCUT2D eigenvalue weighted by Crippen LogP contribution is -2.34. The van der Waals surface area contributed by atoms with Crippen LogP contribution in [-0.4, -0.2) is 11.7 Å². The van der Waals surface area contributed by atoms with Crippen LogP contribution in [-0.2, 0) is 0 Å². The number of anilines is 1. The predicted molar refractivity (Wildman–Crippen MR) is 166 cm³/mol. The Hall–Kier alpha value is -2.42. The van der Waals surface area contributed by atoms with E-state index in [1.165, 1.54) is 22.3 Å². The molecule has 3 nitrogen and oxygen atoms in total. The molecule has 0 radical (unpaired) electrons. The molecule has 2 aromatic rings. The summed E-state index contributed by atoms with van der Waals surface area (Å²) < 4.78 is 0. The monoisotopic (exact) mass is 503 g/mol. The van der Waals surface area contributed by atoms with E-state index in [0.29, 0.717) is 29.6 Å². The molecule has 204 valence electrons. The molecule has 0 aromatic heterocycles. The molecule has 3 heteroatoms. The minimum Gasteiger partial charge on any atom is -0.324 e. The molecule has 0 spiro atoms. The fourth-order valence-corrected chi connectivity index (χ4v) is 5.20. The Morgan fingerprint density at radius 2 is 0.946 bits per heavy atom. The van der Waals surface area contributed by atoms with Gasteiger partial charge in [-0.25, -0.2) is 9.98 Å². The lowest BCUT2D eigenvalue weighted by Gasteiger charge is -2.32. The molecule has 0 heterocycles. The van der Waals surface area contributed by atoms with Gasteiger partial charge in [-0.1, -0.05) is 133 Å². The molecule has 37 heavy (non-hydrogen) atoms. The van der Waals surface area contributed by atoms with E-state index in [2.05, 4.69) is 139 Å². The number of hydrogen-bond acceptors (Lipinski definition) is 1. The van der Waals surface area contributed by atoms with E-state index in [-0.39, 0.29) is 10.8 Å². The number of nitrogens with one attached hydrogen (secondary N) is 1. The van der Waals surface area contributed by atoms with Crippen molar-refractivity contribution in [3.8, 4) is 0 Å². The fourth-order valence-electron chi connectivity index (χ4n) is 5.20. The van der Waals surface area contributed by atoms with Crippen LogP contribution in [0, 0.1) is 10.8 Å². The van der Waals surface area contributed by atoms with Crippen molar-refractivity contribution in [3.63, 3.8) is 0 Å². The van der Waals surface area contributed by atoms with Crippen molar-refractivity contribution in [1.29, 1.82) is 0 Å². The molecular weight excluding hydrogens is 450 g/mol. The number of para-hydroxylation sites is 2. The van der Waals surface area contributed by atoms with E-state index < -0.39 is 0 Å². The molecule has 0 unspecified atom stereocenters. The zero-order chi connectivity index (χ0) is 28.3.